The van der Waals surface area contributed by atoms with E-state index < -0.39 is 5.97 Å². The molecule has 72 valence electrons. The summed E-state index contributed by atoms with van der Waals surface area (Å²) in [4.78, 5) is 11.3. The van der Waals surface area contributed by atoms with Crippen LogP contribution >= 0.6 is 0 Å². The van der Waals surface area contributed by atoms with Crippen LogP contribution in [0, 0.1) is 0 Å². The summed E-state index contributed by atoms with van der Waals surface area (Å²) in [7, 11) is 0. The Morgan fingerprint density at radius 1 is 1.08 bits per heavy atom. The second-order valence-corrected chi connectivity index (χ2v) is 4.04. The van der Waals surface area contributed by atoms with E-state index in [0.717, 1.165) is 19.3 Å². The topological polar surface area (TPSA) is 44.8 Å². The van der Waals surface area contributed by atoms with E-state index in [1.807, 2.05) is 0 Å². The van der Waals surface area contributed by atoms with E-state index in [-0.39, 0.29) is 24.1 Å². The minimum absolute atomic E-state index is 0.162. The van der Waals surface area contributed by atoms with Crippen LogP contribution in [0.4, 0.5) is 0 Å². The van der Waals surface area contributed by atoms with E-state index in [1.54, 1.807) is 0 Å². The lowest BCUT2D eigenvalue weighted by atomic mass is 9.89. The lowest BCUT2D eigenvalue weighted by Gasteiger charge is -2.53. The number of hydrogen-bond acceptors (Lipinski definition) is 4. The van der Waals surface area contributed by atoms with Crippen LogP contribution in [0.15, 0.2) is 0 Å². The largest absolute Gasteiger partial charge is 0.347 e. The number of rotatable bonds is 1. The fourth-order valence-corrected chi connectivity index (χ4v) is 2.45. The van der Waals surface area contributed by atoms with Crippen LogP contribution in [-0.4, -0.2) is 30.1 Å². The van der Waals surface area contributed by atoms with Crippen molar-refractivity contribution in [3.8, 4) is 0 Å². The molecule has 0 spiro atoms. The Labute approximate surface area is 76.1 Å². The maximum Gasteiger partial charge on any atom is 0.347 e. The first-order valence-corrected chi connectivity index (χ1v) is 4.72. The standard InChI is InChI=1S/C9H12O4/c1-5(10)9-11-6-2-7(12-9)4-8(3-6)13-9/h6-8H,2-4H2,1H3. The van der Waals surface area contributed by atoms with Gasteiger partial charge in [-0.25, -0.2) is 0 Å². The van der Waals surface area contributed by atoms with Crippen molar-refractivity contribution in [3.63, 3.8) is 0 Å². The van der Waals surface area contributed by atoms with Crippen LogP contribution in [0.1, 0.15) is 26.2 Å². The molecule has 1 aliphatic carbocycles. The number of carbonyl (C=O) groups is 1. The molecule has 0 aromatic heterocycles. The molecule has 3 saturated heterocycles. The molecule has 3 heterocycles. The van der Waals surface area contributed by atoms with Gasteiger partial charge in [0.05, 0.1) is 18.3 Å². The highest BCUT2D eigenvalue weighted by molar-refractivity contribution is 5.82. The minimum Gasteiger partial charge on any atom is -0.318 e. The lowest BCUT2D eigenvalue weighted by Crippen LogP contribution is -2.65. The van der Waals surface area contributed by atoms with Gasteiger partial charge in [0.15, 0.2) is 0 Å². The second kappa shape index (κ2) is 2.32. The molecule has 0 atom stereocenters. The molecule has 0 N–H and O–H groups in total. The Morgan fingerprint density at radius 2 is 1.46 bits per heavy atom. The van der Waals surface area contributed by atoms with Crippen LogP contribution in [0.2, 0.25) is 0 Å². The fourth-order valence-electron chi connectivity index (χ4n) is 2.45. The smallest absolute Gasteiger partial charge is 0.318 e. The monoisotopic (exact) mass is 184 g/mol. The molecular formula is C9H12O4. The van der Waals surface area contributed by atoms with E-state index in [4.69, 9.17) is 14.2 Å². The van der Waals surface area contributed by atoms with Gasteiger partial charge in [-0.05, 0) is 0 Å². The third-order valence-electron chi connectivity index (χ3n) is 2.97. The van der Waals surface area contributed by atoms with Crippen LogP contribution < -0.4 is 0 Å². The molecule has 4 nitrogen and oxygen atoms in total. The summed E-state index contributed by atoms with van der Waals surface area (Å²) >= 11 is 0. The molecule has 0 amide bonds. The molecule has 4 bridgehead atoms. The first-order chi connectivity index (χ1) is 6.18. The Bertz CT molecular complexity index is 225. The van der Waals surface area contributed by atoms with E-state index in [2.05, 4.69) is 0 Å². The molecule has 0 aromatic rings. The van der Waals surface area contributed by atoms with Gasteiger partial charge in [0.25, 0.3) is 0 Å². The third kappa shape index (κ3) is 0.994. The SMILES string of the molecule is CC(=O)C12OC3CC(CC(C3)O1)O2. The van der Waals surface area contributed by atoms with Crippen molar-refractivity contribution in [2.75, 3.05) is 0 Å². The van der Waals surface area contributed by atoms with Crippen molar-refractivity contribution in [1.29, 1.82) is 0 Å². The van der Waals surface area contributed by atoms with E-state index in [1.165, 1.54) is 6.92 Å². The molecule has 0 radical (unpaired) electrons. The van der Waals surface area contributed by atoms with Gasteiger partial charge in [0.2, 0.25) is 5.78 Å². The van der Waals surface area contributed by atoms with Gasteiger partial charge in [-0.1, -0.05) is 0 Å². The molecule has 4 fully saturated rings. The van der Waals surface area contributed by atoms with Crippen LogP contribution in [0.3, 0.4) is 0 Å². The summed E-state index contributed by atoms with van der Waals surface area (Å²) in [6.07, 6.45) is 3.22. The van der Waals surface area contributed by atoms with Gasteiger partial charge < -0.3 is 14.2 Å². The number of Topliss-reactive ketones (excluding diaryl/α,β-unsaturated/α-hetero) is 1. The minimum atomic E-state index is -1.34. The molecule has 4 rings (SSSR count). The maximum absolute atomic E-state index is 11.3. The van der Waals surface area contributed by atoms with E-state index in [9.17, 15) is 4.79 Å². The van der Waals surface area contributed by atoms with Crippen molar-refractivity contribution in [1.82, 2.24) is 0 Å². The molecule has 1 saturated carbocycles. The highest BCUT2D eigenvalue weighted by Crippen LogP contribution is 2.44. The third-order valence-corrected chi connectivity index (χ3v) is 2.97. The summed E-state index contributed by atoms with van der Waals surface area (Å²) in [5.74, 6) is -1.51. The highest BCUT2D eigenvalue weighted by Gasteiger charge is 2.57. The van der Waals surface area contributed by atoms with Gasteiger partial charge in [0.1, 0.15) is 0 Å². The van der Waals surface area contributed by atoms with Crippen molar-refractivity contribution in [2.45, 2.75) is 50.5 Å². The van der Waals surface area contributed by atoms with Gasteiger partial charge in [-0.3, -0.25) is 4.79 Å². The first-order valence-electron chi connectivity index (χ1n) is 4.72. The van der Waals surface area contributed by atoms with Crippen molar-refractivity contribution < 1.29 is 19.0 Å². The Hall–Kier alpha value is -0.450. The van der Waals surface area contributed by atoms with Crippen molar-refractivity contribution in [3.05, 3.63) is 0 Å². The van der Waals surface area contributed by atoms with Gasteiger partial charge in [-0.15, -0.1) is 0 Å². The number of ether oxygens (including phenoxy) is 3. The lowest BCUT2D eigenvalue weighted by molar-refractivity contribution is -0.468. The summed E-state index contributed by atoms with van der Waals surface area (Å²) < 4.78 is 16.4. The van der Waals surface area contributed by atoms with E-state index >= 15 is 0 Å². The molecule has 0 unspecified atom stereocenters. The molecule has 0 aromatic carbocycles. The Morgan fingerprint density at radius 3 is 1.77 bits per heavy atom. The number of carbonyl (C=O) groups excluding carboxylic acids is 1. The predicted octanol–water partition coefficient (Wildman–Crippen LogP) is 0.596. The van der Waals surface area contributed by atoms with Crippen molar-refractivity contribution >= 4 is 5.78 Å². The highest BCUT2D eigenvalue weighted by atomic mass is 16.9. The normalized spacial score (nSPS) is 52.5. The van der Waals surface area contributed by atoms with Crippen molar-refractivity contribution in [2.24, 2.45) is 0 Å². The van der Waals surface area contributed by atoms with Crippen LogP contribution in [0.5, 0.6) is 0 Å². The molecule has 3 aliphatic heterocycles. The zero-order valence-electron chi connectivity index (χ0n) is 7.49. The molecular weight excluding hydrogens is 172 g/mol. The predicted molar refractivity (Wildman–Crippen MR) is 41.9 cm³/mol. The maximum atomic E-state index is 11.3. The zero-order chi connectivity index (χ0) is 9.05. The van der Waals surface area contributed by atoms with Gasteiger partial charge in [0, 0.05) is 26.2 Å². The Kier molecular flexibility index (Phi) is 1.41. The number of hydrogen-bond donors (Lipinski definition) is 0. The molecule has 4 aliphatic rings. The van der Waals surface area contributed by atoms with Crippen LogP contribution in [-0.2, 0) is 19.0 Å². The van der Waals surface area contributed by atoms with Gasteiger partial charge >= 0.3 is 5.97 Å². The van der Waals surface area contributed by atoms with Gasteiger partial charge in [-0.2, -0.15) is 0 Å². The summed E-state index contributed by atoms with van der Waals surface area (Å²) in [6.45, 7) is 1.45. The second-order valence-electron chi connectivity index (χ2n) is 4.04. The molecule has 13 heavy (non-hydrogen) atoms. The van der Waals surface area contributed by atoms with E-state index in [0.29, 0.717) is 0 Å². The molecule has 4 heteroatoms. The zero-order valence-corrected chi connectivity index (χ0v) is 7.49. The first kappa shape index (κ1) is 7.91. The summed E-state index contributed by atoms with van der Waals surface area (Å²) in [6, 6.07) is 0. The summed E-state index contributed by atoms with van der Waals surface area (Å²) in [5, 5.41) is 0. The Balaban J connectivity index is 1.95. The van der Waals surface area contributed by atoms with Crippen LogP contribution in [0.25, 0.3) is 0 Å². The average Bonchev–Trinajstić information content (AvgIpc) is 2.00. The number of ketones is 1. The summed E-state index contributed by atoms with van der Waals surface area (Å²) in [5.41, 5.74) is 0. The fraction of sp³-hybridized carbons (Fsp3) is 0.889. The quantitative estimate of drug-likeness (QED) is 0.598. The average molecular weight is 184 g/mol.